The first-order valence-corrected chi connectivity index (χ1v) is 6.50. The molecule has 0 atom stereocenters. The number of hydrogen-bond donors (Lipinski definition) is 0. The van der Waals surface area contributed by atoms with Gasteiger partial charge in [0.1, 0.15) is 0 Å². The number of Topliss-reactive ketones (excluding diaryl/α,β-unsaturated/α-hetero) is 1. The van der Waals surface area contributed by atoms with Crippen molar-refractivity contribution < 1.29 is 14.3 Å². The number of carbonyl (C=O) groups is 1. The molecule has 3 aromatic carbocycles. The summed E-state index contributed by atoms with van der Waals surface area (Å²) in [7, 11) is 0. The molecule has 0 N–H and O–H groups in total. The highest BCUT2D eigenvalue weighted by atomic mass is 16.7. The van der Waals surface area contributed by atoms with Crippen LogP contribution in [0.2, 0.25) is 0 Å². The van der Waals surface area contributed by atoms with E-state index in [1.165, 1.54) is 0 Å². The number of ether oxygens (including phenoxy) is 2. The minimum atomic E-state index is 0.0702. The van der Waals surface area contributed by atoms with Crippen molar-refractivity contribution in [1.29, 1.82) is 0 Å². The van der Waals surface area contributed by atoms with Gasteiger partial charge in [-0.15, -0.1) is 0 Å². The zero-order chi connectivity index (χ0) is 13.7. The second-order valence-electron chi connectivity index (χ2n) is 4.95. The molecule has 0 amide bonds. The summed E-state index contributed by atoms with van der Waals surface area (Å²) in [6.07, 6.45) is 0. The van der Waals surface area contributed by atoms with Crippen LogP contribution in [0.25, 0.3) is 21.5 Å². The maximum atomic E-state index is 11.9. The third-order valence-electron chi connectivity index (χ3n) is 3.73. The maximum absolute atomic E-state index is 11.9. The van der Waals surface area contributed by atoms with Crippen LogP contribution < -0.4 is 9.47 Å². The molecule has 0 saturated heterocycles. The van der Waals surface area contributed by atoms with E-state index in [9.17, 15) is 4.79 Å². The fourth-order valence-corrected chi connectivity index (χ4v) is 2.79. The Morgan fingerprint density at radius 1 is 0.950 bits per heavy atom. The molecule has 1 aliphatic rings. The van der Waals surface area contributed by atoms with Crippen molar-refractivity contribution in [3.8, 4) is 11.5 Å². The van der Waals surface area contributed by atoms with Crippen molar-refractivity contribution >= 4 is 27.3 Å². The number of benzene rings is 3. The van der Waals surface area contributed by atoms with Gasteiger partial charge in [-0.2, -0.15) is 0 Å². The molecule has 0 radical (unpaired) electrons. The van der Waals surface area contributed by atoms with Gasteiger partial charge in [-0.05, 0) is 46.7 Å². The van der Waals surface area contributed by atoms with E-state index in [1.54, 1.807) is 6.92 Å². The average molecular weight is 264 g/mol. The predicted octanol–water partition coefficient (Wildman–Crippen LogP) is 3.92. The Balaban J connectivity index is 2.20. The molecular formula is C17H12O3. The summed E-state index contributed by atoms with van der Waals surface area (Å²) in [5.74, 6) is 1.57. The molecule has 1 heterocycles. The highest BCUT2D eigenvalue weighted by Gasteiger charge is 2.17. The van der Waals surface area contributed by atoms with E-state index < -0.39 is 0 Å². The molecule has 0 unspecified atom stereocenters. The van der Waals surface area contributed by atoms with Gasteiger partial charge in [0.15, 0.2) is 17.3 Å². The Labute approximate surface area is 115 Å². The molecule has 0 bridgehead atoms. The Morgan fingerprint density at radius 2 is 1.65 bits per heavy atom. The third kappa shape index (κ3) is 1.50. The molecule has 3 heteroatoms. The first kappa shape index (κ1) is 11.3. The van der Waals surface area contributed by atoms with Gasteiger partial charge in [0.2, 0.25) is 6.79 Å². The first-order valence-electron chi connectivity index (χ1n) is 6.50. The van der Waals surface area contributed by atoms with Crippen molar-refractivity contribution in [3.05, 3.63) is 48.0 Å². The van der Waals surface area contributed by atoms with Gasteiger partial charge in [-0.1, -0.05) is 24.3 Å². The standard InChI is InChI=1S/C17H12O3/c1-10(18)14-6-11-7-16-17(20-9-19-16)8-15(11)13-5-3-2-4-12(13)14/h2-8H,9H2,1H3. The molecule has 0 saturated carbocycles. The number of hydrogen-bond acceptors (Lipinski definition) is 3. The lowest BCUT2D eigenvalue weighted by Gasteiger charge is -2.09. The predicted molar refractivity (Wildman–Crippen MR) is 77.6 cm³/mol. The average Bonchev–Trinajstić information content (AvgIpc) is 2.91. The molecular weight excluding hydrogens is 252 g/mol. The van der Waals surface area contributed by atoms with Crippen LogP contribution in [0.4, 0.5) is 0 Å². The number of carbonyl (C=O) groups excluding carboxylic acids is 1. The maximum Gasteiger partial charge on any atom is 0.231 e. The summed E-state index contributed by atoms with van der Waals surface area (Å²) in [6, 6.07) is 13.8. The van der Waals surface area contributed by atoms with Crippen LogP contribution in [0, 0.1) is 0 Å². The molecule has 0 spiro atoms. The number of fused-ring (bicyclic) bond motifs is 4. The van der Waals surface area contributed by atoms with Crippen LogP contribution in [-0.2, 0) is 0 Å². The van der Waals surface area contributed by atoms with Crippen molar-refractivity contribution in [3.63, 3.8) is 0 Å². The van der Waals surface area contributed by atoms with Crippen LogP contribution in [0.3, 0.4) is 0 Å². The smallest absolute Gasteiger partial charge is 0.231 e. The Bertz CT molecular complexity index is 865. The molecule has 4 rings (SSSR count). The lowest BCUT2D eigenvalue weighted by molar-refractivity contribution is 0.101. The normalized spacial score (nSPS) is 13.1. The molecule has 3 nitrogen and oxygen atoms in total. The molecule has 0 aliphatic carbocycles. The largest absolute Gasteiger partial charge is 0.454 e. The first-order chi connectivity index (χ1) is 9.74. The minimum absolute atomic E-state index is 0.0702. The summed E-state index contributed by atoms with van der Waals surface area (Å²) in [6.45, 7) is 1.85. The monoisotopic (exact) mass is 264 g/mol. The quantitative estimate of drug-likeness (QED) is 0.493. The van der Waals surface area contributed by atoms with E-state index in [4.69, 9.17) is 9.47 Å². The van der Waals surface area contributed by atoms with E-state index in [0.717, 1.165) is 38.6 Å². The van der Waals surface area contributed by atoms with E-state index in [0.29, 0.717) is 0 Å². The fourth-order valence-electron chi connectivity index (χ4n) is 2.79. The van der Waals surface area contributed by atoms with E-state index in [2.05, 4.69) is 0 Å². The second kappa shape index (κ2) is 3.97. The van der Waals surface area contributed by atoms with Crippen molar-refractivity contribution in [1.82, 2.24) is 0 Å². The van der Waals surface area contributed by atoms with Crippen LogP contribution in [-0.4, -0.2) is 12.6 Å². The summed E-state index contributed by atoms with van der Waals surface area (Å²) in [5, 5.41) is 4.12. The molecule has 20 heavy (non-hydrogen) atoms. The summed E-state index contributed by atoms with van der Waals surface area (Å²) < 4.78 is 10.9. The second-order valence-corrected chi connectivity index (χ2v) is 4.95. The van der Waals surface area contributed by atoms with Gasteiger partial charge in [-0.25, -0.2) is 0 Å². The van der Waals surface area contributed by atoms with Crippen molar-refractivity contribution in [2.45, 2.75) is 6.92 Å². The fraction of sp³-hybridized carbons (Fsp3) is 0.118. The van der Waals surface area contributed by atoms with Gasteiger partial charge in [0, 0.05) is 5.56 Å². The van der Waals surface area contributed by atoms with Crippen LogP contribution in [0.15, 0.2) is 42.5 Å². The van der Waals surface area contributed by atoms with Crippen molar-refractivity contribution in [2.75, 3.05) is 6.79 Å². The number of rotatable bonds is 1. The van der Waals surface area contributed by atoms with Gasteiger partial charge in [0.05, 0.1) is 0 Å². The summed E-state index contributed by atoms with van der Waals surface area (Å²) >= 11 is 0. The molecule has 3 aromatic rings. The van der Waals surface area contributed by atoms with Gasteiger partial charge in [-0.3, -0.25) is 4.79 Å². The highest BCUT2D eigenvalue weighted by molar-refractivity contribution is 6.17. The molecule has 0 fully saturated rings. The number of ketones is 1. The van der Waals surface area contributed by atoms with Gasteiger partial charge < -0.3 is 9.47 Å². The minimum Gasteiger partial charge on any atom is -0.454 e. The van der Waals surface area contributed by atoms with E-state index in [-0.39, 0.29) is 12.6 Å². The van der Waals surface area contributed by atoms with Gasteiger partial charge >= 0.3 is 0 Å². The lowest BCUT2D eigenvalue weighted by Crippen LogP contribution is -1.94. The van der Waals surface area contributed by atoms with Crippen molar-refractivity contribution in [2.24, 2.45) is 0 Å². The van der Waals surface area contributed by atoms with Crippen LogP contribution >= 0.6 is 0 Å². The Morgan fingerprint density at radius 3 is 2.40 bits per heavy atom. The van der Waals surface area contributed by atoms with E-state index >= 15 is 0 Å². The van der Waals surface area contributed by atoms with Gasteiger partial charge in [0.25, 0.3) is 0 Å². The lowest BCUT2D eigenvalue weighted by atomic mass is 9.95. The zero-order valence-corrected chi connectivity index (χ0v) is 11.0. The zero-order valence-electron chi connectivity index (χ0n) is 11.0. The Kier molecular flexibility index (Phi) is 2.24. The topological polar surface area (TPSA) is 35.5 Å². The Hall–Kier alpha value is -2.55. The molecule has 98 valence electrons. The highest BCUT2D eigenvalue weighted by Crippen LogP contribution is 2.39. The van der Waals surface area contributed by atoms with Crippen LogP contribution in [0.1, 0.15) is 17.3 Å². The molecule has 1 aliphatic heterocycles. The SMILES string of the molecule is CC(=O)c1cc2cc3c(cc2c2ccccc12)OCO3. The van der Waals surface area contributed by atoms with E-state index in [1.807, 2.05) is 42.5 Å². The third-order valence-corrected chi connectivity index (χ3v) is 3.73. The molecule has 0 aromatic heterocycles. The summed E-state index contributed by atoms with van der Waals surface area (Å²) in [5.41, 5.74) is 0.743. The van der Waals surface area contributed by atoms with Crippen LogP contribution in [0.5, 0.6) is 11.5 Å². The summed E-state index contributed by atoms with van der Waals surface area (Å²) in [4.78, 5) is 11.9.